The SMILES string of the molecule is O=C1OCc2cc(Cl)ccc2N1C1CCN(S(=O)(=O)c2ccc(Br)cc2)CC1. The molecule has 0 atom stereocenters. The molecule has 9 heteroatoms. The zero-order valence-corrected chi connectivity index (χ0v) is 18.0. The first-order chi connectivity index (χ1) is 13.4. The number of ether oxygens (including phenoxy) is 1. The van der Waals surface area contributed by atoms with Gasteiger partial charge in [0, 0.05) is 34.2 Å². The van der Waals surface area contributed by atoms with Gasteiger partial charge in [-0.25, -0.2) is 13.2 Å². The number of carbonyl (C=O) groups is 1. The van der Waals surface area contributed by atoms with Crippen LogP contribution >= 0.6 is 27.5 Å². The number of rotatable bonds is 3. The highest BCUT2D eigenvalue weighted by molar-refractivity contribution is 9.10. The minimum atomic E-state index is -3.55. The number of carbonyl (C=O) groups excluding carboxylic acids is 1. The van der Waals surface area contributed by atoms with E-state index >= 15 is 0 Å². The zero-order valence-electron chi connectivity index (χ0n) is 14.8. The molecule has 2 aliphatic rings. The van der Waals surface area contributed by atoms with Crippen LogP contribution in [0.15, 0.2) is 51.8 Å². The number of fused-ring (bicyclic) bond motifs is 1. The van der Waals surface area contributed by atoms with Crippen LogP contribution in [-0.2, 0) is 21.4 Å². The molecule has 0 aromatic heterocycles. The predicted molar refractivity (Wildman–Crippen MR) is 110 cm³/mol. The molecular weight excluding hydrogens is 468 g/mol. The van der Waals surface area contributed by atoms with Crippen molar-refractivity contribution in [1.29, 1.82) is 0 Å². The van der Waals surface area contributed by atoms with Crippen molar-refractivity contribution >= 4 is 49.3 Å². The summed E-state index contributed by atoms with van der Waals surface area (Å²) >= 11 is 9.37. The fourth-order valence-electron chi connectivity index (χ4n) is 3.65. The van der Waals surface area contributed by atoms with Crippen LogP contribution in [0.2, 0.25) is 5.02 Å². The summed E-state index contributed by atoms with van der Waals surface area (Å²) in [5.41, 5.74) is 1.65. The molecule has 1 saturated heterocycles. The lowest BCUT2D eigenvalue weighted by Gasteiger charge is -2.39. The number of cyclic esters (lactones) is 1. The summed E-state index contributed by atoms with van der Waals surface area (Å²) in [6.07, 6.45) is 0.670. The second kappa shape index (κ2) is 7.67. The third kappa shape index (κ3) is 3.66. The van der Waals surface area contributed by atoms with Gasteiger partial charge in [-0.15, -0.1) is 0 Å². The van der Waals surface area contributed by atoms with Gasteiger partial charge in [0.25, 0.3) is 0 Å². The molecule has 0 N–H and O–H groups in total. The van der Waals surface area contributed by atoms with Crippen molar-refractivity contribution in [3.8, 4) is 0 Å². The standard InChI is InChI=1S/C19H18BrClN2O4S/c20-14-1-4-17(5-2-14)28(25,26)22-9-7-16(8-10-22)23-18-6-3-15(21)11-13(18)12-27-19(23)24/h1-6,11,16H,7-10,12H2. The lowest BCUT2D eigenvalue weighted by molar-refractivity contribution is 0.136. The van der Waals surface area contributed by atoms with E-state index in [1.165, 1.54) is 4.31 Å². The fourth-order valence-corrected chi connectivity index (χ4v) is 5.58. The van der Waals surface area contributed by atoms with Crippen LogP contribution in [0.3, 0.4) is 0 Å². The number of amides is 1. The van der Waals surface area contributed by atoms with Crippen LogP contribution in [0.25, 0.3) is 0 Å². The fraction of sp³-hybridized carbons (Fsp3) is 0.316. The van der Waals surface area contributed by atoms with E-state index < -0.39 is 16.1 Å². The molecule has 2 aromatic rings. The van der Waals surface area contributed by atoms with Crippen molar-refractivity contribution < 1.29 is 17.9 Å². The third-order valence-electron chi connectivity index (χ3n) is 5.09. The Labute approximate surface area is 177 Å². The van der Waals surface area contributed by atoms with Crippen LogP contribution in [0.5, 0.6) is 0 Å². The Kier molecular flexibility index (Phi) is 5.39. The molecule has 1 fully saturated rings. The van der Waals surface area contributed by atoms with Gasteiger partial charge in [-0.05, 0) is 55.3 Å². The molecule has 0 spiro atoms. The number of piperidine rings is 1. The summed E-state index contributed by atoms with van der Waals surface area (Å²) in [5.74, 6) is 0. The average molecular weight is 486 g/mol. The Hall–Kier alpha value is -1.61. The Bertz CT molecular complexity index is 1010. The van der Waals surface area contributed by atoms with Crippen molar-refractivity contribution in [3.05, 3.63) is 57.5 Å². The molecule has 6 nitrogen and oxygen atoms in total. The summed E-state index contributed by atoms with van der Waals surface area (Å²) in [4.78, 5) is 14.3. The normalized spacial score (nSPS) is 18.6. The summed E-state index contributed by atoms with van der Waals surface area (Å²) in [6, 6.07) is 11.9. The van der Waals surface area contributed by atoms with Crippen LogP contribution in [0.4, 0.5) is 10.5 Å². The molecule has 2 aromatic carbocycles. The number of nitrogens with zero attached hydrogens (tertiary/aromatic N) is 2. The molecule has 4 rings (SSSR count). The topological polar surface area (TPSA) is 66.9 Å². The van der Waals surface area contributed by atoms with E-state index in [-0.39, 0.29) is 17.5 Å². The van der Waals surface area contributed by atoms with E-state index in [1.54, 1.807) is 41.3 Å². The van der Waals surface area contributed by atoms with Gasteiger partial charge in [0.15, 0.2) is 0 Å². The molecule has 0 unspecified atom stereocenters. The van der Waals surface area contributed by atoms with E-state index in [9.17, 15) is 13.2 Å². The predicted octanol–water partition coefficient (Wildman–Crippen LogP) is 4.41. The Morgan fingerprint density at radius 3 is 2.43 bits per heavy atom. The number of hydrogen-bond acceptors (Lipinski definition) is 4. The quantitative estimate of drug-likeness (QED) is 0.646. The molecule has 1 amide bonds. The summed E-state index contributed by atoms with van der Waals surface area (Å²) in [6.45, 7) is 0.882. The number of sulfonamides is 1. The monoisotopic (exact) mass is 484 g/mol. The average Bonchev–Trinajstić information content (AvgIpc) is 2.68. The number of benzene rings is 2. The number of anilines is 1. The Morgan fingerprint density at radius 1 is 1.07 bits per heavy atom. The van der Waals surface area contributed by atoms with Crippen LogP contribution in [-0.4, -0.2) is 37.9 Å². The maximum atomic E-state index is 12.9. The van der Waals surface area contributed by atoms with Crippen molar-refractivity contribution in [2.24, 2.45) is 0 Å². The highest BCUT2D eigenvalue weighted by Crippen LogP contribution is 2.34. The first-order valence-electron chi connectivity index (χ1n) is 8.86. The maximum Gasteiger partial charge on any atom is 0.414 e. The van der Waals surface area contributed by atoms with E-state index in [0.717, 1.165) is 15.7 Å². The number of hydrogen-bond donors (Lipinski definition) is 0. The molecular formula is C19H18BrClN2O4S. The van der Waals surface area contributed by atoms with Crippen LogP contribution in [0.1, 0.15) is 18.4 Å². The smallest absolute Gasteiger partial charge is 0.414 e. The molecule has 2 heterocycles. The maximum absolute atomic E-state index is 12.9. The van der Waals surface area contributed by atoms with Crippen molar-refractivity contribution in [2.75, 3.05) is 18.0 Å². The minimum absolute atomic E-state index is 0.121. The minimum Gasteiger partial charge on any atom is -0.444 e. The highest BCUT2D eigenvalue weighted by Gasteiger charge is 2.37. The lowest BCUT2D eigenvalue weighted by Crippen LogP contribution is -2.50. The second-order valence-electron chi connectivity index (χ2n) is 6.79. The summed E-state index contributed by atoms with van der Waals surface area (Å²) < 4.78 is 33.3. The van der Waals surface area contributed by atoms with Crippen molar-refractivity contribution in [1.82, 2.24) is 4.31 Å². The Balaban J connectivity index is 1.52. The molecule has 0 aliphatic carbocycles. The molecule has 2 aliphatic heterocycles. The second-order valence-corrected chi connectivity index (χ2v) is 10.1. The van der Waals surface area contributed by atoms with Gasteiger partial charge in [-0.3, -0.25) is 4.90 Å². The van der Waals surface area contributed by atoms with E-state index in [0.29, 0.717) is 31.0 Å². The van der Waals surface area contributed by atoms with Gasteiger partial charge in [0.05, 0.1) is 10.6 Å². The van der Waals surface area contributed by atoms with Crippen molar-refractivity contribution in [2.45, 2.75) is 30.4 Å². The van der Waals surface area contributed by atoms with Gasteiger partial charge in [-0.1, -0.05) is 27.5 Å². The molecule has 0 radical (unpaired) electrons. The van der Waals surface area contributed by atoms with Crippen LogP contribution in [0, 0.1) is 0 Å². The zero-order chi connectivity index (χ0) is 19.9. The highest BCUT2D eigenvalue weighted by atomic mass is 79.9. The van der Waals surface area contributed by atoms with Gasteiger partial charge in [-0.2, -0.15) is 4.31 Å². The van der Waals surface area contributed by atoms with Gasteiger partial charge in [0.2, 0.25) is 10.0 Å². The van der Waals surface area contributed by atoms with E-state index in [2.05, 4.69) is 15.9 Å². The largest absolute Gasteiger partial charge is 0.444 e. The molecule has 0 bridgehead atoms. The van der Waals surface area contributed by atoms with Gasteiger partial charge < -0.3 is 4.74 Å². The lowest BCUT2D eigenvalue weighted by atomic mass is 10.0. The van der Waals surface area contributed by atoms with E-state index in [4.69, 9.17) is 16.3 Å². The molecule has 148 valence electrons. The summed E-state index contributed by atoms with van der Waals surface area (Å²) in [7, 11) is -3.55. The van der Waals surface area contributed by atoms with Crippen molar-refractivity contribution in [3.63, 3.8) is 0 Å². The summed E-state index contributed by atoms with van der Waals surface area (Å²) in [5, 5.41) is 0.590. The van der Waals surface area contributed by atoms with Crippen LogP contribution < -0.4 is 4.90 Å². The van der Waals surface area contributed by atoms with Gasteiger partial charge >= 0.3 is 6.09 Å². The number of halogens is 2. The van der Waals surface area contributed by atoms with E-state index in [1.807, 2.05) is 6.07 Å². The molecule has 28 heavy (non-hydrogen) atoms. The third-order valence-corrected chi connectivity index (χ3v) is 7.77. The van der Waals surface area contributed by atoms with Gasteiger partial charge in [0.1, 0.15) is 6.61 Å². The Morgan fingerprint density at radius 2 is 1.75 bits per heavy atom. The first-order valence-corrected chi connectivity index (χ1v) is 11.5. The molecule has 0 saturated carbocycles. The first kappa shape index (κ1) is 19.7.